The lowest BCUT2D eigenvalue weighted by Gasteiger charge is -2.23. The Hall–Kier alpha value is -3.68. The van der Waals surface area contributed by atoms with E-state index in [1.807, 2.05) is 0 Å². The highest BCUT2D eigenvalue weighted by Gasteiger charge is 2.38. The number of alkyl halides is 3. The molecule has 1 unspecified atom stereocenters. The van der Waals surface area contributed by atoms with Crippen molar-refractivity contribution in [3.63, 3.8) is 0 Å². The number of carbonyl (C=O) groups is 1. The van der Waals surface area contributed by atoms with Crippen LogP contribution in [0.3, 0.4) is 0 Å². The van der Waals surface area contributed by atoms with Gasteiger partial charge in [0.05, 0.1) is 22.8 Å². The number of aliphatic hydroxyl groups is 1. The maximum atomic E-state index is 13.2. The van der Waals surface area contributed by atoms with Crippen LogP contribution in [0.5, 0.6) is 0 Å². The average molecular weight is 488 g/mol. The lowest BCUT2D eigenvalue weighted by molar-refractivity contribution is -0.137. The van der Waals surface area contributed by atoms with Crippen LogP contribution in [0.4, 0.5) is 24.5 Å². The van der Waals surface area contributed by atoms with E-state index in [0.717, 1.165) is 19.1 Å². The van der Waals surface area contributed by atoms with Gasteiger partial charge in [-0.25, -0.2) is 13.3 Å². The molecule has 10 heteroatoms. The molecule has 0 aliphatic carbocycles. The molecule has 3 rings (SSSR count). The number of anilines is 1. The number of hydrogen-bond donors (Lipinski definition) is 2. The molecule has 176 valence electrons. The van der Waals surface area contributed by atoms with E-state index in [2.05, 4.69) is 10.2 Å². The molecule has 0 bridgehead atoms. The van der Waals surface area contributed by atoms with Crippen molar-refractivity contribution in [3.05, 3.63) is 89.8 Å². The van der Waals surface area contributed by atoms with Gasteiger partial charge in [0.15, 0.2) is 21.1 Å². The molecular formula is C24H19F3N2O4S. The van der Waals surface area contributed by atoms with Gasteiger partial charge in [-0.2, -0.15) is 13.2 Å². The zero-order valence-electron chi connectivity index (χ0n) is 17.8. The van der Waals surface area contributed by atoms with Gasteiger partial charge in [-0.1, -0.05) is 54.6 Å². The summed E-state index contributed by atoms with van der Waals surface area (Å²) >= 11 is 0. The third-order valence-corrected chi connectivity index (χ3v) is 6.92. The molecule has 2 N–H and O–H groups in total. The van der Waals surface area contributed by atoms with Crippen LogP contribution in [0.15, 0.2) is 77.7 Å². The lowest BCUT2D eigenvalue weighted by atomic mass is 10.1. The number of rotatable bonds is 6. The van der Waals surface area contributed by atoms with Crippen LogP contribution in [0.2, 0.25) is 0 Å². The molecule has 0 spiro atoms. The topological polar surface area (TPSA) is 87.8 Å². The third-order valence-electron chi connectivity index (χ3n) is 4.95. The normalized spacial score (nSPS) is 13.5. The largest absolute Gasteiger partial charge is 0.407 e. The number of hydrogen-bond acceptors (Lipinski definition) is 4. The maximum absolute atomic E-state index is 13.2. The third kappa shape index (κ3) is 5.44. The molecule has 0 radical (unpaired) electrons. The van der Waals surface area contributed by atoms with Crippen LogP contribution in [0.25, 0.3) is 16.0 Å². The summed E-state index contributed by atoms with van der Waals surface area (Å²) in [6.07, 6.45) is -4.84. The summed E-state index contributed by atoms with van der Waals surface area (Å²) in [5.74, 6) is -2.22. The van der Waals surface area contributed by atoms with Crippen molar-refractivity contribution in [2.75, 3.05) is 11.1 Å². The molecule has 1 atom stereocenters. The Bertz CT molecular complexity index is 1360. The first-order valence-electron chi connectivity index (χ1n) is 9.85. The fraction of sp³-hybridized carbons (Fsp3) is 0.167. The molecule has 0 aliphatic heterocycles. The first-order valence-corrected chi connectivity index (χ1v) is 11.5. The minimum absolute atomic E-state index is 0.102. The van der Waals surface area contributed by atoms with Crippen molar-refractivity contribution in [1.29, 1.82) is 0 Å². The first-order chi connectivity index (χ1) is 15.8. The molecule has 0 heterocycles. The number of carbonyl (C=O) groups excluding carboxylic acids is 1. The van der Waals surface area contributed by atoms with Gasteiger partial charge in [-0.15, -0.1) is 0 Å². The Kier molecular flexibility index (Phi) is 6.82. The van der Waals surface area contributed by atoms with Crippen molar-refractivity contribution in [2.24, 2.45) is 0 Å². The van der Waals surface area contributed by atoms with Gasteiger partial charge in [0.2, 0.25) is 0 Å². The Labute approximate surface area is 194 Å². The van der Waals surface area contributed by atoms with Gasteiger partial charge in [-0.3, -0.25) is 4.79 Å². The summed E-state index contributed by atoms with van der Waals surface area (Å²) in [5.41, 5.74) is -3.73. The molecule has 6 nitrogen and oxygen atoms in total. The summed E-state index contributed by atoms with van der Waals surface area (Å²) in [6, 6.07) is 17.3. The molecule has 0 saturated heterocycles. The van der Waals surface area contributed by atoms with Crippen molar-refractivity contribution >= 4 is 27.1 Å². The Morgan fingerprint density at radius 1 is 1.03 bits per heavy atom. The van der Waals surface area contributed by atoms with Crippen molar-refractivity contribution in [2.45, 2.75) is 23.6 Å². The SMILES string of the molecule is [C-]#[N+]c1ccc(NC(=O)C(C)(O)CS(=O)(=O)c2ccccc2-c2ccccc2)cc1C(F)(F)F. The van der Waals surface area contributed by atoms with Crippen molar-refractivity contribution in [1.82, 2.24) is 0 Å². The highest BCUT2D eigenvalue weighted by atomic mass is 32.2. The van der Waals surface area contributed by atoms with E-state index in [-0.39, 0.29) is 10.6 Å². The number of nitrogens with one attached hydrogen (secondary N) is 1. The van der Waals surface area contributed by atoms with E-state index in [1.54, 1.807) is 42.5 Å². The monoisotopic (exact) mass is 488 g/mol. The Balaban J connectivity index is 1.88. The molecule has 0 aromatic heterocycles. The predicted octanol–water partition coefficient (Wildman–Crippen LogP) is 5.09. The molecule has 3 aromatic carbocycles. The quantitative estimate of drug-likeness (QED) is 0.474. The molecule has 3 aromatic rings. The molecule has 0 saturated carbocycles. The van der Waals surface area contributed by atoms with E-state index < -0.39 is 44.5 Å². The smallest absolute Gasteiger partial charge is 0.379 e. The maximum Gasteiger partial charge on any atom is 0.407 e. The van der Waals surface area contributed by atoms with E-state index in [4.69, 9.17) is 6.57 Å². The van der Waals surface area contributed by atoms with Gasteiger partial charge in [0.25, 0.3) is 5.91 Å². The standard InChI is InChI=1S/C24H19F3N2O4S/c1-23(31,22(30)29-17-12-13-20(28-2)19(14-17)24(25,26)27)15-34(32,33)21-11-7-6-10-18(21)16-8-4-3-5-9-16/h3-14,31H,15H2,1H3,(H,29,30). The zero-order valence-corrected chi connectivity index (χ0v) is 18.6. The molecule has 0 aliphatic rings. The number of sulfone groups is 1. The highest BCUT2D eigenvalue weighted by molar-refractivity contribution is 7.91. The van der Waals surface area contributed by atoms with Crippen LogP contribution < -0.4 is 5.32 Å². The Morgan fingerprint density at radius 2 is 1.65 bits per heavy atom. The van der Waals surface area contributed by atoms with E-state index >= 15 is 0 Å². The van der Waals surface area contributed by atoms with Crippen LogP contribution >= 0.6 is 0 Å². The van der Waals surface area contributed by atoms with Crippen LogP contribution in [0, 0.1) is 6.57 Å². The van der Waals surface area contributed by atoms with Crippen LogP contribution in [-0.4, -0.2) is 30.8 Å². The summed E-state index contributed by atoms with van der Waals surface area (Å²) in [5, 5.41) is 12.8. The van der Waals surface area contributed by atoms with Crippen LogP contribution in [0.1, 0.15) is 12.5 Å². The van der Waals surface area contributed by atoms with Crippen molar-refractivity contribution < 1.29 is 31.5 Å². The number of nitrogens with zero attached hydrogens (tertiary/aromatic N) is 1. The summed E-state index contributed by atoms with van der Waals surface area (Å²) in [4.78, 5) is 15.4. The van der Waals surface area contributed by atoms with E-state index in [0.29, 0.717) is 17.2 Å². The molecule has 34 heavy (non-hydrogen) atoms. The minimum atomic E-state index is -4.84. The van der Waals surface area contributed by atoms with Crippen LogP contribution in [-0.2, 0) is 20.8 Å². The second-order valence-electron chi connectivity index (χ2n) is 7.69. The Morgan fingerprint density at radius 3 is 2.26 bits per heavy atom. The molecular weight excluding hydrogens is 469 g/mol. The number of halogens is 3. The summed E-state index contributed by atoms with van der Waals surface area (Å²) in [6.45, 7) is 7.83. The van der Waals surface area contributed by atoms with E-state index in [9.17, 15) is 31.5 Å². The molecule has 1 amide bonds. The fourth-order valence-corrected chi connectivity index (χ4v) is 5.14. The van der Waals surface area contributed by atoms with Gasteiger partial charge < -0.3 is 10.4 Å². The second kappa shape index (κ2) is 9.29. The summed E-state index contributed by atoms with van der Waals surface area (Å²) < 4.78 is 65.9. The second-order valence-corrected chi connectivity index (χ2v) is 9.65. The van der Waals surface area contributed by atoms with Gasteiger partial charge in [0.1, 0.15) is 0 Å². The zero-order chi connectivity index (χ0) is 25.1. The first kappa shape index (κ1) is 25.0. The lowest BCUT2D eigenvalue weighted by Crippen LogP contribution is -2.45. The van der Waals surface area contributed by atoms with Gasteiger partial charge in [-0.05, 0) is 30.7 Å². The average Bonchev–Trinajstić information content (AvgIpc) is 2.78. The van der Waals surface area contributed by atoms with Gasteiger partial charge >= 0.3 is 6.18 Å². The fourth-order valence-electron chi connectivity index (χ4n) is 3.31. The molecule has 0 fully saturated rings. The number of benzene rings is 3. The van der Waals surface area contributed by atoms with E-state index in [1.165, 1.54) is 12.1 Å². The van der Waals surface area contributed by atoms with Crippen molar-refractivity contribution in [3.8, 4) is 11.1 Å². The number of amides is 1. The summed E-state index contributed by atoms with van der Waals surface area (Å²) in [7, 11) is -4.21. The predicted molar refractivity (Wildman–Crippen MR) is 121 cm³/mol. The highest BCUT2D eigenvalue weighted by Crippen LogP contribution is 2.38. The van der Waals surface area contributed by atoms with Gasteiger partial charge in [0, 0.05) is 11.3 Å². The minimum Gasteiger partial charge on any atom is -0.379 e.